The van der Waals surface area contributed by atoms with Crippen molar-refractivity contribution >= 4 is 35.7 Å². The molecule has 0 aliphatic carbocycles. The summed E-state index contributed by atoms with van der Waals surface area (Å²) >= 11 is 1.64. The highest BCUT2D eigenvalue weighted by Gasteiger charge is 2.38. The third-order valence-corrected chi connectivity index (χ3v) is 7.14. The van der Waals surface area contributed by atoms with E-state index < -0.39 is 5.41 Å². The zero-order valence-corrected chi connectivity index (χ0v) is 20.0. The highest BCUT2D eigenvalue weighted by atomic mass is 32.1. The number of benzene rings is 2. The molecule has 1 saturated heterocycles. The van der Waals surface area contributed by atoms with Crippen LogP contribution in [-0.4, -0.2) is 39.0 Å². The van der Waals surface area contributed by atoms with E-state index >= 15 is 0 Å². The van der Waals surface area contributed by atoms with Gasteiger partial charge in [-0.2, -0.15) is 0 Å². The van der Waals surface area contributed by atoms with Crippen molar-refractivity contribution in [3.05, 3.63) is 59.0 Å². The maximum absolute atomic E-state index is 12.1. The van der Waals surface area contributed by atoms with Gasteiger partial charge < -0.3 is 14.4 Å². The SMILES string of the molecule is Bc1ccc(COc2ccc(C)cc2-c2csc(N3CCC(C)(C(=O)OC)CC3)n2)cc1. The molecule has 0 N–H and O–H groups in total. The van der Waals surface area contributed by atoms with Crippen molar-refractivity contribution in [2.45, 2.75) is 33.3 Å². The van der Waals surface area contributed by atoms with E-state index in [-0.39, 0.29) is 5.97 Å². The highest BCUT2D eigenvalue weighted by Crippen LogP contribution is 2.38. The standard InChI is InChI=1S/C25H29BN2O3S/c1-17-4-9-22(31-15-18-5-7-19(26)8-6-18)20(14-17)21-16-32-24(27-21)28-12-10-25(2,11-13-28)23(29)30-3/h4-9,14,16H,10-13,15,26H2,1-3H3. The number of rotatable bonds is 6. The van der Waals surface area contributed by atoms with Crippen LogP contribution in [0.15, 0.2) is 47.8 Å². The van der Waals surface area contributed by atoms with E-state index in [0.717, 1.165) is 53.6 Å². The van der Waals surface area contributed by atoms with Crippen molar-refractivity contribution in [3.8, 4) is 17.0 Å². The number of hydrogen-bond donors (Lipinski definition) is 0. The molecule has 0 bridgehead atoms. The van der Waals surface area contributed by atoms with E-state index in [1.807, 2.05) is 13.0 Å². The summed E-state index contributed by atoms with van der Waals surface area (Å²) in [6.45, 7) is 6.19. The van der Waals surface area contributed by atoms with Crippen LogP contribution < -0.4 is 15.1 Å². The monoisotopic (exact) mass is 448 g/mol. The minimum Gasteiger partial charge on any atom is -0.488 e. The first kappa shape index (κ1) is 22.4. The fraction of sp³-hybridized carbons (Fsp3) is 0.360. The van der Waals surface area contributed by atoms with Gasteiger partial charge in [0.15, 0.2) is 5.13 Å². The van der Waals surface area contributed by atoms with E-state index in [1.54, 1.807) is 11.3 Å². The number of ether oxygens (including phenoxy) is 2. The molecule has 0 amide bonds. The molecule has 166 valence electrons. The molecule has 2 aromatic carbocycles. The van der Waals surface area contributed by atoms with E-state index in [2.05, 4.69) is 61.4 Å². The fourth-order valence-electron chi connectivity index (χ4n) is 3.99. The number of aromatic nitrogens is 1. The molecule has 0 unspecified atom stereocenters. The van der Waals surface area contributed by atoms with E-state index in [4.69, 9.17) is 14.5 Å². The van der Waals surface area contributed by atoms with Crippen LogP contribution in [0, 0.1) is 12.3 Å². The molecule has 3 aromatic rings. The van der Waals surface area contributed by atoms with Crippen LogP contribution in [0.5, 0.6) is 5.75 Å². The quantitative estimate of drug-likeness (QED) is 0.425. The van der Waals surface area contributed by atoms with Crippen LogP contribution in [0.4, 0.5) is 5.13 Å². The fourth-order valence-corrected chi connectivity index (χ4v) is 4.87. The Morgan fingerprint density at radius 3 is 2.59 bits per heavy atom. The van der Waals surface area contributed by atoms with Crippen molar-refractivity contribution in [2.24, 2.45) is 5.41 Å². The van der Waals surface area contributed by atoms with Crippen LogP contribution in [0.3, 0.4) is 0 Å². The van der Waals surface area contributed by atoms with Crippen LogP contribution >= 0.6 is 11.3 Å². The first-order valence-corrected chi connectivity index (χ1v) is 11.8. The van der Waals surface area contributed by atoms with Gasteiger partial charge in [-0.25, -0.2) is 4.98 Å². The van der Waals surface area contributed by atoms with Crippen molar-refractivity contribution in [3.63, 3.8) is 0 Å². The van der Waals surface area contributed by atoms with Crippen LogP contribution in [0.2, 0.25) is 0 Å². The molecule has 1 aliphatic heterocycles. The van der Waals surface area contributed by atoms with Crippen LogP contribution in [0.25, 0.3) is 11.3 Å². The van der Waals surface area contributed by atoms with Crippen molar-refractivity contribution in [1.29, 1.82) is 0 Å². The lowest BCUT2D eigenvalue weighted by molar-refractivity contribution is -0.152. The number of thiazole rings is 1. The number of hydrogen-bond acceptors (Lipinski definition) is 6. The van der Waals surface area contributed by atoms with Crippen molar-refractivity contribution < 1.29 is 14.3 Å². The molecule has 0 radical (unpaired) electrons. The summed E-state index contributed by atoms with van der Waals surface area (Å²) in [6.07, 6.45) is 1.54. The summed E-state index contributed by atoms with van der Waals surface area (Å²) in [5.41, 5.74) is 5.08. The van der Waals surface area contributed by atoms with Gasteiger partial charge in [0.05, 0.1) is 18.2 Å². The van der Waals surface area contributed by atoms with Gasteiger partial charge in [0, 0.05) is 24.0 Å². The number of anilines is 1. The lowest BCUT2D eigenvalue weighted by atomic mass is 9.80. The number of carbonyl (C=O) groups excluding carboxylic acids is 1. The summed E-state index contributed by atoms with van der Waals surface area (Å²) < 4.78 is 11.2. The molecule has 2 heterocycles. The Hall–Kier alpha value is -2.80. The molecular weight excluding hydrogens is 419 g/mol. The molecule has 5 nitrogen and oxygen atoms in total. The Labute approximate surface area is 194 Å². The molecule has 7 heteroatoms. The third-order valence-electron chi connectivity index (χ3n) is 6.23. The van der Waals surface area contributed by atoms with Gasteiger partial charge in [0.25, 0.3) is 0 Å². The largest absolute Gasteiger partial charge is 0.488 e. The van der Waals surface area contributed by atoms with Crippen LogP contribution in [-0.2, 0) is 16.1 Å². The molecule has 0 saturated carbocycles. The Morgan fingerprint density at radius 2 is 1.91 bits per heavy atom. The summed E-state index contributed by atoms with van der Waals surface area (Å²) in [4.78, 5) is 19.3. The second kappa shape index (κ2) is 9.37. The highest BCUT2D eigenvalue weighted by molar-refractivity contribution is 7.14. The average Bonchev–Trinajstić information content (AvgIpc) is 3.29. The predicted octanol–water partition coefficient (Wildman–Crippen LogP) is 3.74. The molecule has 4 rings (SSSR count). The van der Waals surface area contributed by atoms with Gasteiger partial charge in [-0.3, -0.25) is 4.79 Å². The van der Waals surface area contributed by atoms with Crippen LogP contribution in [0.1, 0.15) is 30.9 Å². The molecule has 1 aromatic heterocycles. The Kier molecular flexibility index (Phi) is 6.56. The second-order valence-corrected chi connectivity index (χ2v) is 9.67. The second-order valence-electron chi connectivity index (χ2n) is 8.83. The lowest BCUT2D eigenvalue weighted by Crippen LogP contribution is -2.43. The molecule has 0 spiro atoms. The minimum atomic E-state index is -0.404. The van der Waals surface area contributed by atoms with Gasteiger partial charge in [-0.1, -0.05) is 41.4 Å². The van der Waals surface area contributed by atoms with Crippen molar-refractivity contribution in [1.82, 2.24) is 4.98 Å². The lowest BCUT2D eigenvalue weighted by Gasteiger charge is -2.37. The van der Waals surface area contributed by atoms with Gasteiger partial charge in [0.1, 0.15) is 20.2 Å². The average molecular weight is 448 g/mol. The first-order valence-electron chi connectivity index (χ1n) is 11.0. The summed E-state index contributed by atoms with van der Waals surface area (Å²) in [5.74, 6) is 0.719. The molecular formula is C25H29BN2O3S. The Morgan fingerprint density at radius 1 is 1.19 bits per heavy atom. The molecule has 1 aliphatic rings. The Balaban J connectivity index is 1.49. The number of piperidine rings is 1. The number of nitrogens with zero attached hydrogens (tertiary/aromatic N) is 2. The van der Waals surface area contributed by atoms with Gasteiger partial charge >= 0.3 is 5.97 Å². The zero-order valence-electron chi connectivity index (χ0n) is 19.2. The molecule has 1 fully saturated rings. The Bertz CT molecular complexity index is 1090. The minimum absolute atomic E-state index is 0.118. The first-order chi connectivity index (χ1) is 15.4. The number of carbonyl (C=O) groups is 1. The summed E-state index contributed by atoms with van der Waals surface area (Å²) in [5, 5.41) is 3.08. The normalized spacial score (nSPS) is 15.4. The van der Waals surface area contributed by atoms with Gasteiger partial charge in [-0.15, -0.1) is 11.3 Å². The molecule has 0 atom stereocenters. The third kappa shape index (κ3) is 4.83. The smallest absolute Gasteiger partial charge is 0.311 e. The van der Waals surface area contributed by atoms with E-state index in [0.29, 0.717) is 6.61 Å². The summed E-state index contributed by atoms with van der Waals surface area (Å²) in [7, 11) is 3.55. The summed E-state index contributed by atoms with van der Waals surface area (Å²) in [6, 6.07) is 14.6. The zero-order chi connectivity index (χ0) is 22.7. The maximum atomic E-state index is 12.1. The van der Waals surface area contributed by atoms with Crippen molar-refractivity contribution in [2.75, 3.05) is 25.1 Å². The maximum Gasteiger partial charge on any atom is 0.311 e. The number of methoxy groups -OCH3 is 1. The number of aryl methyl sites for hydroxylation is 1. The topological polar surface area (TPSA) is 51.7 Å². The number of esters is 1. The van der Waals surface area contributed by atoms with E-state index in [1.165, 1.54) is 18.1 Å². The van der Waals surface area contributed by atoms with Gasteiger partial charge in [-0.05, 0) is 44.4 Å². The van der Waals surface area contributed by atoms with E-state index in [9.17, 15) is 4.79 Å². The molecule has 32 heavy (non-hydrogen) atoms. The predicted molar refractivity (Wildman–Crippen MR) is 133 cm³/mol. The van der Waals surface area contributed by atoms with Gasteiger partial charge in [0.2, 0.25) is 0 Å².